The summed E-state index contributed by atoms with van der Waals surface area (Å²) in [4.78, 5) is 4.72. The Morgan fingerprint density at radius 1 is 1.20 bits per heavy atom. The third-order valence-electron chi connectivity index (χ3n) is 3.55. The Morgan fingerprint density at radius 2 is 2.00 bits per heavy atom. The van der Waals surface area contributed by atoms with Crippen LogP contribution in [0.2, 0.25) is 0 Å². The molecule has 0 saturated carbocycles. The highest BCUT2D eigenvalue weighted by Gasteiger charge is 2.14. The van der Waals surface area contributed by atoms with E-state index in [0.717, 1.165) is 34.7 Å². The number of para-hydroxylation sites is 1. The molecule has 3 aromatic rings. The van der Waals surface area contributed by atoms with Gasteiger partial charge in [0.1, 0.15) is 5.52 Å². The van der Waals surface area contributed by atoms with Crippen molar-refractivity contribution in [1.29, 1.82) is 0 Å². The van der Waals surface area contributed by atoms with Gasteiger partial charge in [-0.15, -0.1) is 10.2 Å². The minimum absolute atomic E-state index is 0.508. The Labute approximate surface area is 122 Å². The maximum atomic E-state index is 4.72. The van der Waals surface area contributed by atoms with Gasteiger partial charge in [0.25, 0.3) is 0 Å². The van der Waals surface area contributed by atoms with Crippen LogP contribution in [-0.2, 0) is 6.54 Å². The SMILES string of the molecule is CCC(C)Sc1nnc2c3ccccc3n(CC)c2n1. The first-order valence-corrected chi connectivity index (χ1v) is 7.90. The van der Waals surface area contributed by atoms with Crippen LogP contribution < -0.4 is 0 Å². The van der Waals surface area contributed by atoms with Gasteiger partial charge in [0.15, 0.2) is 5.65 Å². The van der Waals surface area contributed by atoms with Crippen LogP contribution in [0, 0.1) is 0 Å². The van der Waals surface area contributed by atoms with Crippen molar-refractivity contribution in [2.24, 2.45) is 0 Å². The molecule has 0 aliphatic rings. The molecule has 5 heteroatoms. The molecule has 0 spiro atoms. The van der Waals surface area contributed by atoms with Crippen LogP contribution in [0.25, 0.3) is 22.1 Å². The van der Waals surface area contributed by atoms with E-state index in [1.54, 1.807) is 11.8 Å². The van der Waals surface area contributed by atoms with Crippen LogP contribution in [0.4, 0.5) is 0 Å². The molecule has 0 bridgehead atoms. The van der Waals surface area contributed by atoms with E-state index in [9.17, 15) is 0 Å². The van der Waals surface area contributed by atoms with Crippen LogP contribution in [-0.4, -0.2) is 25.0 Å². The van der Waals surface area contributed by atoms with E-state index in [1.807, 2.05) is 6.07 Å². The average molecular weight is 286 g/mol. The molecule has 0 aliphatic heterocycles. The van der Waals surface area contributed by atoms with E-state index in [-0.39, 0.29) is 0 Å². The van der Waals surface area contributed by atoms with Gasteiger partial charge < -0.3 is 4.57 Å². The smallest absolute Gasteiger partial charge is 0.211 e. The number of hydrogen-bond donors (Lipinski definition) is 0. The monoisotopic (exact) mass is 286 g/mol. The topological polar surface area (TPSA) is 43.6 Å². The molecule has 0 radical (unpaired) electrons. The number of rotatable bonds is 4. The predicted molar refractivity (Wildman–Crippen MR) is 84.1 cm³/mol. The van der Waals surface area contributed by atoms with Crippen LogP contribution in [0.15, 0.2) is 29.4 Å². The predicted octanol–water partition coefficient (Wildman–Crippen LogP) is 3.89. The standard InChI is InChI=1S/C15H18N4S/c1-4-10(3)20-15-16-14-13(17-18-15)11-8-6-7-9-12(11)19(14)5-2/h6-10H,4-5H2,1-3H3. The Kier molecular flexibility index (Phi) is 3.61. The molecule has 0 aliphatic carbocycles. The highest BCUT2D eigenvalue weighted by atomic mass is 32.2. The molecule has 0 fully saturated rings. The zero-order chi connectivity index (χ0) is 14.1. The van der Waals surface area contributed by atoms with Gasteiger partial charge in [-0.2, -0.15) is 0 Å². The number of fused-ring (bicyclic) bond motifs is 3. The van der Waals surface area contributed by atoms with E-state index in [2.05, 4.69) is 53.7 Å². The number of benzene rings is 1. The molecule has 104 valence electrons. The molecular weight excluding hydrogens is 268 g/mol. The van der Waals surface area contributed by atoms with Crippen molar-refractivity contribution in [3.63, 3.8) is 0 Å². The first-order valence-electron chi connectivity index (χ1n) is 7.02. The fraction of sp³-hybridized carbons (Fsp3) is 0.400. The first kappa shape index (κ1) is 13.4. The lowest BCUT2D eigenvalue weighted by atomic mass is 10.2. The second-order valence-corrected chi connectivity index (χ2v) is 6.27. The summed E-state index contributed by atoms with van der Waals surface area (Å²) in [5, 5.41) is 11.1. The molecule has 20 heavy (non-hydrogen) atoms. The third-order valence-corrected chi connectivity index (χ3v) is 4.67. The normalized spacial score (nSPS) is 13.2. The Hall–Kier alpha value is -1.62. The summed E-state index contributed by atoms with van der Waals surface area (Å²) in [7, 11) is 0. The van der Waals surface area contributed by atoms with Crippen LogP contribution >= 0.6 is 11.8 Å². The number of thioether (sulfide) groups is 1. The zero-order valence-electron chi connectivity index (χ0n) is 12.0. The molecular formula is C15H18N4S. The van der Waals surface area contributed by atoms with Gasteiger partial charge in [0.2, 0.25) is 5.16 Å². The molecule has 2 heterocycles. The van der Waals surface area contributed by atoms with Crippen LogP contribution in [0.3, 0.4) is 0 Å². The Bertz CT molecular complexity index is 750. The molecule has 4 nitrogen and oxygen atoms in total. The van der Waals surface area contributed by atoms with Crippen molar-refractivity contribution in [2.75, 3.05) is 0 Å². The van der Waals surface area contributed by atoms with Crippen molar-refractivity contribution in [2.45, 2.75) is 44.1 Å². The zero-order valence-corrected chi connectivity index (χ0v) is 12.8. The van der Waals surface area contributed by atoms with E-state index in [1.165, 1.54) is 5.52 Å². The summed E-state index contributed by atoms with van der Waals surface area (Å²) < 4.78 is 2.21. The van der Waals surface area contributed by atoms with Crippen LogP contribution in [0.1, 0.15) is 27.2 Å². The number of aromatic nitrogens is 4. The number of hydrogen-bond acceptors (Lipinski definition) is 4. The number of aryl methyl sites for hydroxylation is 1. The summed E-state index contributed by atoms with van der Waals surface area (Å²) in [6.45, 7) is 7.38. The fourth-order valence-corrected chi connectivity index (χ4v) is 3.08. The summed E-state index contributed by atoms with van der Waals surface area (Å²) in [5.74, 6) is 0. The second-order valence-electron chi connectivity index (χ2n) is 4.86. The maximum absolute atomic E-state index is 4.72. The molecule has 0 amide bonds. The summed E-state index contributed by atoms with van der Waals surface area (Å²) in [6.07, 6.45) is 1.10. The van der Waals surface area contributed by atoms with Gasteiger partial charge in [0.05, 0.1) is 5.52 Å². The Balaban J connectivity index is 2.20. The second kappa shape index (κ2) is 5.40. The van der Waals surface area contributed by atoms with Crippen molar-refractivity contribution in [1.82, 2.24) is 19.7 Å². The molecule has 1 atom stereocenters. The molecule has 1 aromatic carbocycles. The molecule has 0 saturated heterocycles. The fourth-order valence-electron chi connectivity index (χ4n) is 2.32. The summed E-state index contributed by atoms with van der Waals surface area (Å²) >= 11 is 1.69. The van der Waals surface area contributed by atoms with Gasteiger partial charge in [-0.1, -0.05) is 43.8 Å². The van der Waals surface area contributed by atoms with Crippen molar-refractivity contribution >= 4 is 33.8 Å². The van der Waals surface area contributed by atoms with E-state index >= 15 is 0 Å². The van der Waals surface area contributed by atoms with E-state index < -0.39 is 0 Å². The van der Waals surface area contributed by atoms with Gasteiger partial charge in [0, 0.05) is 17.2 Å². The quantitative estimate of drug-likeness (QED) is 0.682. The van der Waals surface area contributed by atoms with Crippen LogP contribution in [0.5, 0.6) is 0 Å². The largest absolute Gasteiger partial charge is 0.324 e. The molecule has 3 rings (SSSR count). The molecule has 0 N–H and O–H groups in total. The van der Waals surface area contributed by atoms with Crippen molar-refractivity contribution in [3.8, 4) is 0 Å². The lowest BCUT2D eigenvalue weighted by molar-refractivity contribution is 0.786. The van der Waals surface area contributed by atoms with Gasteiger partial charge in [-0.3, -0.25) is 0 Å². The first-order chi connectivity index (χ1) is 9.74. The van der Waals surface area contributed by atoms with Crippen molar-refractivity contribution < 1.29 is 0 Å². The maximum Gasteiger partial charge on any atom is 0.211 e. The lowest BCUT2D eigenvalue weighted by Gasteiger charge is -2.06. The third kappa shape index (κ3) is 2.16. The lowest BCUT2D eigenvalue weighted by Crippen LogP contribution is -2.01. The highest BCUT2D eigenvalue weighted by molar-refractivity contribution is 7.99. The summed E-state index contributed by atoms with van der Waals surface area (Å²) in [5.41, 5.74) is 3.02. The Morgan fingerprint density at radius 3 is 2.75 bits per heavy atom. The van der Waals surface area contributed by atoms with Gasteiger partial charge in [-0.05, 0) is 19.4 Å². The summed E-state index contributed by atoms with van der Waals surface area (Å²) in [6, 6.07) is 8.28. The van der Waals surface area contributed by atoms with Gasteiger partial charge in [-0.25, -0.2) is 4.98 Å². The number of nitrogens with zero attached hydrogens (tertiary/aromatic N) is 4. The molecule has 2 aromatic heterocycles. The van der Waals surface area contributed by atoms with E-state index in [4.69, 9.17) is 4.98 Å². The average Bonchev–Trinajstić information content (AvgIpc) is 2.80. The minimum atomic E-state index is 0.508. The minimum Gasteiger partial charge on any atom is -0.324 e. The van der Waals surface area contributed by atoms with Crippen molar-refractivity contribution in [3.05, 3.63) is 24.3 Å². The molecule has 1 unspecified atom stereocenters. The van der Waals surface area contributed by atoms with Gasteiger partial charge >= 0.3 is 0 Å². The van der Waals surface area contributed by atoms with E-state index in [0.29, 0.717) is 5.25 Å². The highest BCUT2D eigenvalue weighted by Crippen LogP contribution is 2.28.